The first-order valence-corrected chi connectivity index (χ1v) is 7.34. The number of nitrogens with one attached hydrogen (secondary N) is 1. The second-order valence-corrected chi connectivity index (χ2v) is 5.93. The highest BCUT2D eigenvalue weighted by atomic mass is 35.5. The van der Waals surface area contributed by atoms with Crippen LogP contribution < -0.4 is 10.1 Å². The van der Waals surface area contributed by atoms with E-state index in [4.69, 9.17) is 4.74 Å². The molecular formula is C16H25ClN4O2. The number of hydrogen-bond donors (Lipinski definition) is 2. The third-order valence-electron chi connectivity index (χ3n) is 3.20. The first-order chi connectivity index (χ1) is 10.4. The van der Waals surface area contributed by atoms with Gasteiger partial charge in [-0.3, -0.25) is 0 Å². The lowest BCUT2D eigenvalue weighted by atomic mass is 10.1. The topological polar surface area (TPSA) is 72.2 Å². The van der Waals surface area contributed by atoms with Gasteiger partial charge in [-0.25, -0.2) is 9.67 Å². The van der Waals surface area contributed by atoms with Crippen LogP contribution in [0.1, 0.15) is 31.1 Å². The summed E-state index contributed by atoms with van der Waals surface area (Å²) in [5.41, 5.74) is 0.208. The lowest BCUT2D eigenvalue weighted by Crippen LogP contribution is -2.28. The van der Waals surface area contributed by atoms with Crippen molar-refractivity contribution < 1.29 is 9.84 Å². The van der Waals surface area contributed by atoms with E-state index < -0.39 is 5.60 Å². The van der Waals surface area contributed by atoms with Gasteiger partial charge in [0.05, 0.1) is 25.8 Å². The summed E-state index contributed by atoms with van der Waals surface area (Å²) in [5, 5.41) is 17.6. The normalized spacial score (nSPS) is 11.2. The van der Waals surface area contributed by atoms with Crippen LogP contribution in [0.15, 0.2) is 24.3 Å². The van der Waals surface area contributed by atoms with Crippen LogP contribution in [-0.2, 0) is 19.5 Å². The Kier molecular flexibility index (Phi) is 7.00. The van der Waals surface area contributed by atoms with Crippen molar-refractivity contribution >= 4 is 12.4 Å². The second kappa shape index (κ2) is 8.29. The van der Waals surface area contributed by atoms with Crippen LogP contribution in [0.3, 0.4) is 0 Å². The molecule has 6 nitrogen and oxygen atoms in total. The Hall–Kier alpha value is -1.63. The quantitative estimate of drug-likeness (QED) is 0.804. The Labute approximate surface area is 143 Å². The van der Waals surface area contributed by atoms with Crippen molar-refractivity contribution in [2.45, 2.75) is 39.0 Å². The second-order valence-electron chi connectivity index (χ2n) is 5.93. The summed E-state index contributed by atoms with van der Waals surface area (Å²) in [5.74, 6) is 2.37. The van der Waals surface area contributed by atoms with Gasteiger partial charge in [0.2, 0.25) is 0 Å². The first-order valence-electron chi connectivity index (χ1n) is 7.34. The molecule has 1 aromatic heterocycles. The smallest absolute Gasteiger partial charge is 0.155 e. The van der Waals surface area contributed by atoms with E-state index in [2.05, 4.69) is 15.4 Å². The molecule has 0 amide bonds. The summed E-state index contributed by atoms with van der Waals surface area (Å²) >= 11 is 0. The van der Waals surface area contributed by atoms with Crippen LogP contribution in [0.5, 0.6) is 5.75 Å². The Morgan fingerprint density at radius 1 is 1.30 bits per heavy atom. The Morgan fingerprint density at radius 2 is 2.00 bits per heavy atom. The van der Waals surface area contributed by atoms with Crippen molar-refractivity contribution in [3.05, 3.63) is 41.5 Å². The van der Waals surface area contributed by atoms with E-state index in [0.717, 1.165) is 23.0 Å². The standard InChI is InChI=1S/C16H24N4O2.ClH/c1-16(2,21)11-20-15(10-17-3)18-14(19-20)9-12-7-5-6-8-13(12)22-4;/h5-8,17,21H,9-11H2,1-4H3;1H. The molecule has 1 aromatic carbocycles. The van der Waals surface area contributed by atoms with Crippen molar-refractivity contribution in [1.29, 1.82) is 0 Å². The van der Waals surface area contributed by atoms with E-state index in [1.165, 1.54) is 0 Å². The van der Waals surface area contributed by atoms with E-state index in [9.17, 15) is 5.11 Å². The molecule has 2 rings (SSSR count). The lowest BCUT2D eigenvalue weighted by molar-refractivity contribution is 0.0564. The summed E-state index contributed by atoms with van der Waals surface area (Å²) in [6.07, 6.45) is 0.597. The minimum atomic E-state index is -0.835. The number of hydrogen-bond acceptors (Lipinski definition) is 5. The fraction of sp³-hybridized carbons (Fsp3) is 0.500. The molecule has 0 spiro atoms. The predicted octanol–water partition coefficient (Wildman–Crippen LogP) is 1.79. The van der Waals surface area contributed by atoms with E-state index in [1.807, 2.05) is 31.3 Å². The zero-order valence-corrected chi connectivity index (χ0v) is 14.9. The molecule has 0 aliphatic rings. The maximum absolute atomic E-state index is 10.0. The summed E-state index contributed by atoms with van der Waals surface area (Å²) in [6.45, 7) is 4.54. The molecule has 0 saturated heterocycles. The number of aromatic nitrogens is 3. The Balaban J connectivity index is 0.00000264. The van der Waals surface area contributed by atoms with E-state index in [0.29, 0.717) is 19.5 Å². The molecular weight excluding hydrogens is 316 g/mol. The SMILES string of the molecule is CNCc1nc(Cc2ccccc2OC)nn1CC(C)(C)O.Cl. The molecule has 0 aliphatic heterocycles. The van der Waals surface area contributed by atoms with Crippen LogP contribution in [0.2, 0.25) is 0 Å². The first kappa shape index (κ1) is 19.4. The fourth-order valence-corrected chi connectivity index (χ4v) is 2.30. The molecule has 0 fully saturated rings. The maximum Gasteiger partial charge on any atom is 0.155 e. The molecule has 7 heteroatoms. The van der Waals surface area contributed by atoms with Crippen molar-refractivity contribution in [3.8, 4) is 5.75 Å². The number of rotatable bonds is 7. The van der Waals surface area contributed by atoms with Crippen LogP contribution in [0, 0.1) is 0 Å². The average Bonchev–Trinajstić information content (AvgIpc) is 2.79. The maximum atomic E-state index is 10.0. The minimum Gasteiger partial charge on any atom is -0.496 e. The summed E-state index contributed by atoms with van der Waals surface area (Å²) < 4.78 is 7.13. The monoisotopic (exact) mass is 340 g/mol. The zero-order valence-electron chi connectivity index (χ0n) is 14.0. The number of ether oxygens (including phenoxy) is 1. The molecule has 0 bridgehead atoms. The highest BCUT2D eigenvalue weighted by Crippen LogP contribution is 2.20. The molecule has 0 atom stereocenters. The van der Waals surface area contributed by atoms with Gasteiger partial charge in [-0.2, -0.15) is 5.10 Å². The zero-order chi connectivity index (χ0) is 16.2. The molecule has 0 saturated carbocycles. The molecule has 2 N–H and O–H groups in total. The van der Waals surface area contributed by atoms with Crippen LogP contribution in [-0.4, -0.2) is 39.6 Å². The van der Waals surface area contributed by atoms with E-state index in [-0.39, 0.29) is 12.4 Å². The van der Waals surface area contributed by atoms with E-state index >= 15 is 0 Å². The van der Waals surface area contributed by atoms with Gasteiger partial charge in [0.25, 0.3) is 0 Å². The summed E-state index contributed by atoms with van der Waals surface area (Å²) in [7, 11) is 3.52. The lowest BCUT2D eigenvalue weighted by Gasteiger charge is -2.17. The van der Waals surface area contributed by atoms with Gasteiger partial charge in [-0.1, -0.05) is 18.2 Å². The van der Waals surface area contributed by atoms with E-state index in [1.54, 1.807) is 25.6 Å². The number of nitrogens with zero attached hydrogens (tertiary/aromatic N) is 3. The van der Waals surface area contributed by atoms with Crippen molar-refractivity contribution in [2.75, 3.05) is 14.2 Å². The van der Waals surface area contributed by atoms with Gasteiger partial charge in [-0.15, -0.1) is 12.4 Å². The summed E-state index contributed by atoms with van der Waals surface area (Å²) in [6, 6.07) is 7.85. The van der Waals surface area contributed by atoms with Gasteiger partial charge < -0.3 is 15.2 Å². The van der Waals surface area contributed by atoms with Crippen LogP contribution in [0.4, 0.5) is 0 Å². The molecule has 1 heterocycles. The highest BCUT2D eigenvalue weighted by Gasteiger charge is 2.19. The number of benzene rings is 1. The van der Waals surface area contributed by atoms with Gasteiger partial charge >= 0.3 is 0 Å². The molecule has 2 aromatic rings. The number of halogens is 1. The molecule has 0 unspecified atom stereocenters. The van der Waals surface area contributed by atoms with Crippen LogP contribution >= 0.6 is 12.4 Å². The Bertz CT molecular complexity index is 623. The number of methoxy groups -OCH3 is 1. The average molecular weight is 341 g/mol. The van der Waals surface area contributed by atoms with Crippen molar-refractivity contribution in [3.63, 3.8) is 0 Å². The minimum absolute atomic E-state index is 0. The number of aliphatic hydroxyl groups is 1. The summed E-state index contributed by atoms with van der Waals surface area (Å²) in [4.78, 5) is 4.58. The van der Waals surface area contributed by atoms with Gasteiger partial charge in [-0.05, 0) is 27.0 Å². The Morgan fingerprint density at radius 3 is 2.61 bits per heavy atom. The third-order valence-corrected chi connectivity index (χ3v) is 3.20. The highest BCUT2D eigenvalue weighted by molar-refractivity contribution is 5.85. The van der Waals surface area contributed by atoms with Crippen molar-refractivity contribution in [1.82, 2.24) is 20.1 Å². The van der Waals surface area contributed by atoms with Gasteiger partial charge in [0.1, 0.15) is 11.6 Å². The molecule has 0 aliphatic carbocycles. The van der Waals surface area contributed by atoms with Gasteiger partial charge in [0, 0.05) is 12.0 Å². The molecule has 128 valence electrons. The largest absolute Gasteiger partial charge is 0.496 e. The van der Waals surface area contributed by atoms with Crippen molar-refractivity contribution in [2.24, 2.45) is 0 Å². The van der Waals surface area contributed by atoms with Crippen LogP contribution in [0.25, 0.3) is 0 Å². The molecule has 23 heavy (non-hydrogen) atoms. The third kappa shape index (κ3) is 5.49. The number of para-hydroxylation sites is 1. The fourth-order valence-electron chi connectivity index (χ4n) is 2.30. The molecule has 0 radical (unpaired) electrons. The van der Waals surface area contributed by atoms with Gasteiger partial charge in [0.15, 0.2) is 5.82 Å². The predicted molar refractivity (Wildman–Crippen MR) is 92.1 cm³/mol.